The second kappa shape index (κ2) is 5.49. The summed E-state index contributed by atoms with van der Waals surface area (Å²) in [6.45, 7) is 5.73. The van der Waals surface area contributed by atoms with Crippen LogP contribution in [0.2, 0.25) is 0 Å². The topological polar surface area (TPSA) is 12.0 Å². The number of benzene rings is 1. The van der Waals surface area contributed by atoms with Gasteiger partial charge in [-0.3, -0.25) is 0 Å². The molecular formula is C17H25NS. The molecule has 0 amide bonds. The highest BCUT2D eigenvalue weighted by Crippen LogP contribution is 2.51. The lowest BCUT2D eigenvalue weighted by Crippen LogP contribution is -2.43. The van der Waals surface area contributed by atoms with E-state index in [0.717, 1.165) is 5.92 Å². The smallest absolute Gasteiger partial charge is 0.0107 e. The molecule has 1 aliphatic heterocycles. The average molecular weight is 275 g/mol. The van der Waals surface area contributed by atoms with Crippen LogP contribution in [0.15, 0.2) is 29.2 Å². The highest BCUT2D eigenvalue weighted by atomic mass is 32.2. The van der Waals surface area contributed by atoms with Crippen molar-refractivity contribution in [1.29, 1.82) is 0 Å². The third-order valence-electron chi connectivity index (χ3n) is 4.78. The van der Waals surface area contributed by atoms with Gasteiger partial charge >= 0.3 is 0 Å². The molecule has 19 heavy (non-hydrogen) atoms. The van der Waals surface area contributed by atoms with Crippen molar-refractivity contribution >= 4 is 11.8 Å². The molecule has 1 nitrogen and oxygen atoms in total. The number of fused-ring (bicyclic) bond motifs is 1. The zero-order valence-electron chi connectivity index (χ0n) is 12.1. The molecule has 1 fully saturated rings. The molecule has 1 heterocycles. The van der Waals surface area contributed by atoms with Crippen LogP contribution < -0.4 is 5.32 Å². The van der Waals surface area contributed by atoms with Gasteiger partial charge in [-0.1, -0.05) is 38.5 Å². The molecule has 0 aromatic heterocycles. The van der Waals surface area contributed by atoms with Crippen molar-refractivity contribution in [2.24, 2.45) is 5.41 Å². The zero-order valence-corrected chi connectivity index (χ0v) is 12.9. The molecule has 1 N–H and O–H groups in total. The van der Waals surface area contributed by atoms with Gasteiger partial charge in [0, 0.05) is 23.2 Å². The van der Waals surface area contributed by atoms with Gasteiger partial charge in [0.15, 0.2) is 0 Å². The van der Waals surface area contributed by atoms with Crippen LogP contribution >= 0.6 is 11.8 Å². The molecule has 1 aromatic rings. The van der Waals surface area contributed by atoms with Crippen LogP contribution in [0.1, 0.15) is 51.0 Å². The number of thioether (sulfide) groups is 1. The number of rotatable bonds is 5. The third kappa shape index (κ3) is 2.85. The zero-order chi connectivity index (χ0) is 13.3. The molecule has 0 radical (unpaired) electrons. The predicted octanol–water partition coefficient (Wildman–Crippen LogP) is 4.43. The summed E-state index contributed by atoms with van der Waals surface area (Å²) in [5.41, 5.74) is 2.20. The molecule has 1 saturated carbocycles. The molecule has 2 aliphatic rings. The normalized spacial score (nSPS) is 24.3. The predicted molar refractivity (Wildman–Crippen MR) is 83.9 cm³/mol. The number of nitrogens with one attached hydrogen (secondary N) is 1. The molecule has 2 heteroatoms. The van der Waals surface area contributed by atoms with E-state index in [-0.39, 0.29) is 0 Å². The van der Waals surface area contributed by atoms with Crippen molar-refractivity contribution in [3.8, 4) is 0 Å². The summed E-state index contributed by atoms with van der Waals surface area (Å²) in [6.07, 6.45) is 5.67. The van der Waals surface area contributed by atoms with Gasteiger partial charge in [0.1, 0.15) is 0 Å². The Labute approximate surface area is 121 Å². The summed E-state index contributed by atoms with van der Waals surface area (Å²) in [7, 11) is 0. The van der Waals surface area contributed by atoms with Gasteiger partial charge in [-0.15, -0.1) is 11.8 Å². The molecular weight excluding hydrogens is 250 g/mol. The van der Waals surface area contributed by atoms with Gasteiger partial charge in [-0.05, 0) is 42.2 Å². The van der Waals surface area contributed by atoms with E-state index in [9.17, 15) is 0 Å². The lowest BCUT2D eigenvalue weighted by molar-refractivity contribution is 0.106. The van der Waals surface area contributed by atoms with Gasteiger partial charge in [0.05, 0.1) is 0 Å². The molecule has 1 aliphatic carbocycles. The fraction of sp³-hybridized carbons (Fsp3) is 0.647. The van der Waals surface area contributed by atoms with E-state index in [2.05, 4.69) is 55.2 Å². The fourth-order valence-corrected chi connectivity index (χ4v) is 4.73. The minimum absolute atomic E-state index is 0.590. The maximum absolute atomic E-state index is 3.68. The van der Waals surface area contributed by atoms with Crippen LogP contribution in [-0.2, 0) is 0 Å². The van der Waals surface area contributed by atoms with Crippen LogP contribution in [0.4, 0.5) is 0 Å². The molecule has 0 saturated heterocycles. The van der Waals surface area contributed by atoms with E-state index in [4.69, 9.17) is 0 Å². The summed E-state index contributed by atoms with van der Waals surface area (Å²) < 4.78 is 0. The Kier molecular flexibility index (Phi) is 3.91. The van der Waals surface area contributed by atoms with Crippen LogP contribution in [-0.4, -0.2) is 18.3 Å². The first-order chi connectivity index (χ1) is 9.19. The Bertz CT molecular complexity index is 437. The van der Waals surface area contributed by atoms with E-state index in [1.54, 1.807) is 5.56 Å². The Morgan fingerprint density at radius 3 is 2.79 bits per heavy atom. The van der Waals surface area contributed by atoms with E-state index >= 15 is 0 Å². The van der Waals surface area contributed by atoms with Crippen molar-refractivity contribution in [1.82, 2.24) is 5.32 Å². The number of hydrogen-bond donors (Lipinski definition) is 1. The molecule has 3 rings (SSSR count). The van der Waals surface area contributed by atoms with Gasteiger partial charge in [-0.2, -0.15) is 0 Å². The van der Waals surface area contributed by atoms with Crippen molar-refractivity contribution in [2.45, 2.75) is 56.4 Å². The highest BCUT2D eigenvalue weighted by molar-refractivity contribution is 7.99. The van der Waals surface area contributed by atoms with E-state index in [0.29, 0.717) is 11.5 Å². The summed E-state index contributed by atoms with van der Waals surface area (Å²) in [5.74, 6) is 2.08. The van der Waals surface area contributed by atoms with E-state index in [1.165, 1.54) is 42.9 Å². The van der Waals surface area contributed by atoms with Gasteiger partial charge < -0.3 is 5.32 Å². The van der Waals surface area contributed by atoms with Crippen LogP contribution in [0, 0.1) is 5.41 Å². The maximum Gasteiger partial charge on any atom is 0.0107 e. The van der Waals surface area contributed by atoms with Crippen LogP contribution in [0.5, 0.6) is 0 Å². The number of hydrogen-bond acceptors (Lipinski definition) is 2. The van der Waals surface area contributed by atoms with Crippen LogP contribution in [0.3, 0.4) is 0 Å². The van der Waals surface area contributed by atoms with Gasteiger partial charge in [0.25, 0.3) is 0 Å². The first-order valence-electron chi connectivity index (χ1n) is 7.64. The minimum Gasteiger partial charge on any atom is -0.314 e. The lowest BCUT2D eigenvalue weighted by Gasteiger charge is -2.44. The second-order valence-corrected chi connectivity index (χ2v) is 7.70. The minimum atomic E-state index is 0.590. The monoisotopic (exact) mass is 275 g/mol. The summed E-state index contributed by atoms with van der Waals surface area (Å²) >= 11 is 2.06. The van der Waals surface area contributed by atoms with Crippen molar-refractivity contribution in [3.63, 3.8) is 0 Å². The molecule has 1 aromatic carbocycles. The molecule has 0 bridgehead atoms. The second-order valence-electron chi connectivity index (χ2n) is 6.64. The molecule has 1 unspecified atom stereocenters. The van der Waals surface area contributed by atoms with Crippen LogP contribution in [0.25, 0.3) is 0 Å². The Hall–Kier alpha value is -0.470. The Morgan fingerprint density at radius 2 is 2.11 bits per heavy atom. The lowest BCUT2D eigenvalue weighted by atomic mass is 9.63. The van der Waals surface area contributed by atoms with Crippen molar-refractivity contribution in [3.05, 3.63) is 29.8 Å². The summed E-state index contributed by atoms with van der Waals surface area (Å²) in [6, 6.07) is 9.63. The highest BCUT2D eigenvalue weighted by Gasteiger charge is 2.40. The summed E-state index contributed by atoms with van der Waals surface area (Å²) in [5, 5.41) is 3.68. The standard InChI is InChI=1S/C17H25NS/c1-13(2)18-12-17(8-5-9-17)10-14-11-19-16-7-4-3-6-15(14)16/h3-4,6-7,13-14,18H,5,8-12H2,1-2H3. The quantitative estimate of drug-likeness (QED) is 0.853. The van der Waals surface area contributed by atoms with E-state index in [1.807, 2.05) is 0 Å². The largest absolute Gasteiger partial charge is 0.314 e. The molecule has 0 spiro atoms. The Balaban J connectivity index is 1.67. The van der Waals surface area contributed by atoms with Gasteiger partial charge in [-0.25, -0.2) is 0 Å². The van der Waals surface area contributed by atoms with Crippen molar-refractivity contribution < 1.29 is 0 Å². The first-order valence-corrected chi connectivity index (χ1v) is 8.62. The van der Waals surface area contributed by atoms with E-state index < -0.39 is 0 Å². The maximum atomic E-state index is 3.68. The SMILES string of the molecule is CC(C)NCC1(CC2CSc3ccccc32)CCC1. The first kappa shape index (κ1) is 13.5. The fourth-order valence-electron chi connectivity index (χ4n) is 3.47. The average Bonchev–Trinajstić information content (AvgIpc) is 2.75. The van der Waals surface area contributed by atoms with Crippen molar-refractivity contribution in [2.75, 3.05) is 12.3 Å². The molecule has 1 atom stereocenters. The summed E-state index contributed by atoms with van der Waals surface area (Å²) in [4.78, 5) is 1.53. The molecule has 104 valence electrons. The third-order valence-corrected chi connectivity index (χ3v) is 6.03. The Morgan fingerprint density at radius 1 is 1.32 bits per heavy atom. The van der Waals surface area contributed by atoms with Gasteiger partial charge in [0.2, 0.25) is 0 Å².